The van der Waals surface area contributed by atoms with Crippen molar-refractivity contribution in [1.29, 1.82) is 5.41 Å². The number of nitrogens with two attached hydrogens (primary N) is 3. The highest BCUT2D eigenvalue weighted by Crippen LogP contribution is 2.01. The topological polar surface area (TPSA) is 131 Å². The molecule has 0 aromatic carbocycles. The second-order valence-corrected chi connectivity index (χ2v) is 3.33. The van der Waals surface area contributed by atoms with Crippen LogP contribution in [0.25, 0.3) is 0 Å². The zero-order valence-electron chi connectivity index (χ0n) is 8.83. The molecule has 15 heavy (non-hydrogen) atoms. The second kappa shape index (κ2) is 7.78. The van der Waals surface area contributed by atoms with Crippen LogP contribution < -0.4 is 17.2 Å². The van der Waals surface area contributed by atoms with Crippen LogP contribution in [0.15, 0.2) is 4.99 Å². The van der Waals surface area contributed by atoms with Crippen LogP contribution in [0.3, 0.4) is 0 Å². The van der Waals surface area contributed by atoms with Crippen molar-refractivity contribution in [2.45, 2.75) is 32.1 Å². The number of nitrogens with one attached hydrogen (secondary N) is 1. The van der Waals surface area contributed by atoms with E-state index in [1.54, 1.807) is 0 Å². The Morgan fingerprint density at radius 3 is 2.20 bits per heavy atom. The number of ketones is 1. The Morgan fingerprint density at radius 1 is 1.07 bits per heavy atom. The molecule has 0 unspecified atom stereocenters. The third-order valence-corrected chi connectivity index (χ3v) is 1.81. The maximum atomic E-state index is 11.2. The Morgan fingerprint density at radius 2 is 1.67 bits per heavy atom. The number of Topliss-reactive ketones (excluding diaryl/α,β-unsaturated/α-hetero) is 1. The van der Waals surface area contributed by atoms with Gasteiger partial charge in [-0.2, -0.15) is 0 Å². The first-order chi connectivity index (χ1) is 7.02. The molecule has 0 fully saturated rings. The summed E-state index contributed by atoms with van der Waals surface area (Å²) in [6.45, 7) is 0.487. The highest BCUT2D eigenvalue weighted by molar-refractivity contribution is 5.80. The molecule has 0 heterocycles. The van der Waals surface area contributed by atoms with E-state index < -0.39 is 0 Å². The minimum atomic E-state index is 0.0547. The van der Waals surface area contributed by atoms with Crippen molar-refractivity contribution in [3.8, 4) is 0 Å². The Balaban J connectivity index is 3.42. The summed E-state index contributed by atoms with van der Waals surface area (Å²) < 4.78 is 0. The molecule has 0 bridgehead atoms. The molecule has 0 saturated carbocycles. The van der Waals surface area contributed by atoms with E-state index in [1.165, 1.54) is 0 Å². The summed E-state index contributed by atoms with van der Waals surface area (Å²) in [5.41, 5.74) is 15.4. The van der Waals surface area contributed by atoms with Crippen molar-refractivity contribution in [3.63, 3.8) is 0 Å². The number of carbonyl (C=O) groups is 1. The number of hydrogen-bond acceptors (Lipinski definition) is 3. The Labute approximate surface area is 89.4 Å². The summed E-state index contributed by atoms with van der Waals surface area (Å²) in [5.74, 6) is 0.351. The third-order valence-electron chi connectivity index (χ3n) is 1.81. The summed E-state index contributed by atoms with van der Waals surface area (Å²) in [6, 6.07) is 0. The highest BCUT2D eigenvalue weighted by atomic mass is 16.1. The first kappa shape index (κ1) is 13.4. The number of rotatable bonds is 8. The molecule has 0 aliphatic rings. The maximum Gasteiger partial charge on any atom is 0.185 e. The predicted molar refractivity (Wildman–Crippen MR) is 60.7 cm³/mol. The molecule has 0 aliphatic carbocycles. The predicted octanol–water partition coefficient (Wildman–Crippen LogP) is -0.285. The highest BCUT2D eigenvalue weighted by Gasteiger charge is 2.01. The standard InChI is InChI=1S/C9H19N5O/c10-8(11)5-1-3-7(15)4-2-6-14-9(12)13/h1-6H2,(H3,10,11)(H4,12,13,14). The normalized spacial score (nSPS) is 9.60. The van der Waals surface area contributed by atoms with E-state index in [-0.39, 0.29) is 17.6 Å². The van der Waals surface area contributed by atoms with Gasteiger partial charge in [-0.05, 0) is 12.8 Å². The molecule has 0 atom stereocenters. The minimum Gasteiger partial charge on any atom is -0.388 e. The molecule has 0 aromatic rings. The summed E-state index contributed by atoms with van der Waals surface area (Å²) in [7, 11) is 0. The van der Waals surface area contributed by atoms with Crippen LogP contribution in [-0.2, 0) is 4.79 Å². The van der Waals surface area contributed by atoms with Gasteiger partial charge in [-0.25, -0.2) is 0 Å². The van der Waals surface area contributed by atoms with E-state index in [1.807, 2.05) is 0 Å². The van der Waals surface area contributed by atoms with Gasteiger partial charge in [0.1, 0.15) is 5.78 Å². The molecule has 0 rings (SSSR count). The number of hydrogen-bond donors (Lipinski definition) is 4. The van der Waals surface area contributed by atoms with E-state index >= 15 is 0 Å². The van der Waals surface area contributed by atoms with Gasteiger partial charge in [-0.3, -0.25) is 15.2 Å². The summed E-state index contributed by atoms with van der Waals surface area (Å²) in [5, 5.41) is 6.97. The number of nitrogens with zero attached hydrogens (tertiary/aromatic N) is 1. The lowest BCUT2D eigenvalue weighted by molar-refractivity contribution is -0.119. The molecule has 0 aliphatic heterocycles. The van der Waals surface area contributed by atoms with Crippen LogP contribution in [0.1, 0.15) is 32.1 Å². The molecule has 0 saturated heterocycles. The molecule has 0 radical (unpaired) electrons. The third kappa shape index (κ3) is 10.3. The fourth-order valence-corrected chi connectivity index (χ4v) is 1.09. The van der Waals surface area contributed by atoms with Crippen LogP contribution in [0.5, 0.6) is 0 Å². The fraction of sp³-hybridized carbons (Fsp3) is 0.667. The average molecular weight is 213 g/mol. The summed E-state index contributed by atoms with van der Waals surface area (Å²) in [6.07, 6.45) is 2.75. The van der Waals surface area contributed by atoms with Gasteiger partial charge in [0, 0.05) is 25.8 Å². The van der Waals surface area contributed by atoms with Crippen molar-refractivity contribution in [2.75, 3.05) is 6.54 Å². The molecular weight excluding hydrogens is 194 g/mol. The van der Waals surface area contributed by atoms with Gasteiger partial charge in [0.05, 0.1) is 5.84 Å². The van der Waals surface area contributed by atoms with Crippen molar-refractivity contribution < 1.29 is 4.79 Å². The second-order valence-electron chi connectivity index (χ2n) is 3.33. The van der Waals surface area contributed by atoms with Crippen molar-refractivity contribution in [2.24, 2.45) is 22.2 Å². The smallest absolute Gasteiger partial charge is 0.185 e. The number of amidine groups is 1. The number of aliphatic imine (C=N–C) groups is 1. The van der Waals surface area contributed by atoms with Gasteiger partial charge in [-0.15, -0.1) is 0 Å². The lowest BCUT2D eigenvalue weighted by Gasteiger charge is -1.99. The lowest BCUT2D eigenvalue weighted by atomic mass is 10.1. The SMILES string of the molecule is N=C(N)CCCC(=O)CCCN=C(N)N. The van der Waals surface area contributed by atoms with E-state index in [4.69, 9.17) is 22.6 Å². The quantitative estimate of drug-likeness (QED) is 0.251. The zero-order chi connectivity index (χ0) is 11.7. The monoisotopic (exact) mass is 213 g/mol. The van der Waals surface area contributed by atoms with E-state index in [0.29, 0.717) is 38.6 Å². The van der Waals surface area contributed by atoms with Crippen LogP contribution in [0.4, 0.5) is 0 Å². The largest absolute Gasteiger partial charge is 0.388 e. The molecule has 7 N–H and O–H groups in total. The van der Waals surface area contributed by atoms with Crippen LogP contribution in [0, 0.1) is 5.41 Å². The first-order valence-corrected chi connectivity index (χ1v) is 4.92. The van der Waals surface area contributed by atoms with Crippen molar-refractivity contribution in [3.05, 3.63) is 0 Å². The molecule has 86 valence electrons. The van der Waals surface area contributed by atoms with Crippen molar-refractivity contribution >= 4 is 17.6 Å². The molecule has 6 heteroatoms. The summed E-state index contributed by atoms with van der Waals surface area (Å²) in [4.78, 5) is 15.0. The average Bonchev–Trinajstić information content (AvgIpc) is 2.11. The molecule has 0 aromatic heterocycles. The number of carbonyl (C=O) groups excluding carboxylic acids is 1. The minimum absolute atomic E-state index is 0.0547. The Kier molecular flexibility index (Phi) is 6.96. The van der Waals surface area contributed by atoms with Crippen LogP contribution in [0.2, 0.25) is 0 Å². The van der Waals surface area contributed by atoms with Gasteiger partial charge in [0.15, 0.2) is 5.96 Å². The van der Waals surface area contributed by atoms with E-state index in [9.17, 15) is 4.79 Å². The molecule has 0 spiro atoms. The molecule has 0 amide bonds. The first-order valence-electron chi connectivity index (χ1n) is 4.92. The molecule has 6 nitrogen and oxygen atoms in total. The summed E-state index contributed by atoms with van der Waals surface area (Å²) >= 11 is 0. The van der Waals surface area contributed by atoms with Crippen molar-refractivity contribution in [1.82, 2.24) is 0 Å². The van der Waals surface area contributed by atoms with E-state index in [2.05, 4.69) is 4.99 Å². The Hall–Kier alpha value is -1.59. The number of guanidine groups is 1. The van der Waals surface area contributed by atoms with E-state index in [0.717, 1.165) is 0 Å². The lowest BCUT2D eigenvalue weighted by Crippen LogP contribution is -2.23. The maximum absolute atomic E-state index is 11.2. The van der Waals surface area contributed by atoms with Gasteiger partial charge in [0.2, 0.25) is 0 Å². The Bertz CT molecular complexity index is 245. The van der Waals surface area contributed by atoms with Gasteiger partial charge in [-0.1, -0.05) is 0 Å². The molecular formula is C9H19N5O. The van der Waals surface area contributed by atoms with Gasteiger partial charge < -0.3 is 17.2 Å². The fourth-order valence-electron chi connectivity index (χ4n) is 1.09. The van der Waals surface area contributed by atoms with Crippen LogP contribution >= 0.6 is 0 Å². The van der Waals surface area contributed by atoms with Crippen LogP contribution in [-0.4, -0.2) is 24.1 Å². The zero-order valence-corrected chi connectivity index (χ0v) is 8.83. The van der Waals surface area contributed by atoms with Gasteiger partial charge >= 0.3 is 0 Å². The van der Waals surface area contributed by atoms with Gasteiger partial charge in [0.25, 0.3) is 0 Å².